The predicted octanol–water partition coefficient (Wildman–Crippen LogP) is 6.51. The summed E-state index contributed by atoms with van der Waals surface area (Å²) in [5.41, 5.74) is 3.04. The summed E-state index contributed by atoms with van der Waals surface area (Å²) in [5.74, 6) is -2.19. The van der Waals surface area contributed by atoms with Crippen molar-refractivity contribution in [3.63, 3.8) is 0 Å². The van der Waals surface area contributed by atoms with Crippen molar-refractivity contribution in [2.24, 2.45) is 0 Å². The number of nitrogens with one attached hydrogen (secondary N) is 1. The molecule has 0 atom stereocenters. The maximum atomic E-state index is 14.3. The second-order valence-corrected chi connectivity index (χ2v) is 10.9. The van der Waals surface area contributed by atoms with E-state index in [1.807, 2.05) is 43.3 Å². The highest BCUT2D eigenvalue weighted by atomic mass is 19.1. The predicted molar refractivity (Wildman–Crippen MR) is 141 cm³/mol. The van der Waals surface area contributed by atoms with Gasteiger partial charge in [-0.1, -0.05) is 30.3 Å². The highest BCUT2D eigenvalue weighted by Gasteiger charge is 2.53. The third-order valence-corrected chi connectivity index (χ3v) is 8.86. The average molecular weight is 518 g/mol. The Kier molecular flexibility index (Phi) is 5.87. The standard InChI is InChI=1S/C31H30F3N3O/c1-36(2)30(21-6-5-7-22(32)18-21)11-13-31(14-12-30)28-26(25-8-3-4-9-27(25)35-28)10-15-37(31)29(38)20-16-23(33)19-24(34)17-20/h3-9,16-19,35H,10-15H2,1-2H3. The molecule has 4 aromatic rings. The number of H-pyrrole nitrogens is 1. The van der Waals surface area contributed by atoms with E-state index in [0.717, 1.165) is 40.4 Å². The molecule has 2 heterocycles. The largest absolute Gasteiger partial charge is 0.356 e. The number of fused-ring (bicyclic) bond motifs is 4. The third-order valence-electron chi connectivity index (χ3n) is 8.86. The summed E-state index contributed by atoms with van der Waals surface area (Å²) in [6.45, 7) is 0.445. The first kappa shape index (κ1) is 24.7. The van der Waals surface area contributed by atoms with Crippen LogP contribution in [0.5, 0.6) is 0 Å². The molecular weight excluding hydrogens is 487 g/mol. The Bertz CT molecular complexity index is 1510. The zero-order chi connectivity index (χ0) is 26.7. The normalized spacial score (nSPS) is 23.3. The number of nitrogens with zero attached hydrogens (tertiary/aromatic N) is 2. The molecule has 1 N–H and O–H groups in total. The topological polar surface area (TPSA) is 39.3 Å². The molecule has 7 heteroatoms. The van der Waals surface area contributed by atoms with Gasteiger partial charge in [-0.05, 0) is 87.7 Å². The van der Waals surface area contributed by atoms with Crippen molar-refractivity contribution in [2.45, 2.75) is 43.2 Å². The van der Waals surface area contributed by atoms with E-state index in [2.05, 4.69) is 16.0 Å². The first-order valence-electron chi connectivity index (χ1n) is 13.1. The number of halogens is 3. The molecule has 2 aliphatic rings. The molecule has 38 heavy (non-hydrogen) atoms. The molecule has 1 amide bonds. The molecule has 4 nitrogen and oxygen atoms in total. The minimum atomic E-state index is -0.771. The molecule has 0 saturated heterocycles. The van der Waals surface area contributed by atoms with Crippen LogP contribution in [-0.4, -0.2) is 41.3 Å². The number of hydrogen-bond acceptors (Lipinski definition) is 2. The van der Waals surface area contributed by atoms with Crippen LogP contribution >= 0.6 is 0 Å². The maximum absolute atomic E-state index is 14.3. The molecule has 1 spiro atoms. The summed E-state index contributed by atoms with van der Waals surface area (Å²) in [6.07, 6.45) is 3.24. The fourth-order valence-corrected chi connectivity index (χ4v) is 6.93. The van der Waals surface area contributed by atoms with Crippen LogP contribution in [0, 0.1) is 17.5 Å². The van der Waals surface area contributed by atoms with Gasteiger partial charge in [0.15, 0.2) is 0 Å². The Morgan fingerprint density at radius 2 is 1.58 bits per heavy atom. The molecule has 0 bridgehead atoms. The summed E-state index contributed by atoms with van der Waals surface area (Å²) in [6, 6.07) is 17.9. The number of aromatic amines is 1. The minimum absolute atomic E-state index is 0.0102. The minimum Gasteiger partial charge on any atom is -0.356 e. The third kappa shape index (κ3) is 3.75. The molecule has 0 unspecified atom stereocenters. The summed E-state index contributed by atoms with van der Waals surface area (Å²) >= 11 is 0. The van der Waals surface area contributed by atoms with Gasteiger partial charge in [0, 0.05) is 40.3 Å². The van der Waals surface area contributed by atoms with Crippen LogP contribution in [0.3, 0.4) is 0 Å². The van der Waals surface area contributed by atoms with Crippen LogP contribution in [-0.2, 0) is 17.5 Å². The van der Waals surface area contributed by atoms with Gasteiger partial charge in [0.05, 0.1) is 5.54 Å². The van der Waals surface area contributed by atoms with Crippen molar-refractivity contribution in [3.05, 3.63) is 107 Å². The summed E-state index contributed by atoms with van der Waals surface area (Å²) in [7, 11) is 4.02. The fraction of sp³-hybridized carbons (Fsp3) is 0.323. The van der Waals surface area contributed by atoms with Gasteiger partial charge in [-0.15, -0.1) is 0 Å². The van der Waals surface area contributed by atoms with Gasteiger partial charge < -0.3 is 9.88 Å². The number of hydrogen-bond donors (Lipinski definition) is 1. The van der Waals surface area contributed by atoms with Gasteiger partial charge in [0.25, 0.3) is 5.91 Å². The smallest absolute Gasteiger partial charge is 0.254 e. The second kappa shape index (κ2) is 9.02. The van der Waals surface area contributed by atoms with E-state index in [1.165, 1.54) is 11.6 Å². The van der Waals surface area contributed by atoms with Gasteiger partial charge in [-0.2, -0.15) is 0 Å². The van der Waals surface area contributed by atoms with E-state index < -0.39 is 22.7 Å². The molecule has 1 aliphatic carbocycles. The Morgan fingerprint density at radius 3 is 2.26 bits per heavy atom. The van der Waals surface area contributed by atoms with Gasteiger partial charge in [-0.3, -0.25) is 9.69 Å². The molecule has 3 aromatic carbocycles. The average Bonchev–Trinajstić information content (AvgIpc) is 3.28. The van der Waals surface area contributed by atoms with Crippen molar-refractivity contribution in [1.82, 2.24) is 14.8 Å². The van der Waals surface area contributed by atoms with Crippen LogP contribution in [0.1, 0.15) is 52.9 Å². The first-order chi connectivity index (χ1) is 18.2. The zero-order valence-corrected chi connectivity index (χ0v) is 21.5. The zero-order valence-electron chi connectivity index (χ0n) is 21.5. The maximum Gasteiger partial charge on any atom is 0.254 e. The lowest BCUT2D eigenvalue weighted by Gasteiger charge is -2.55. The summed E-state index contributed by atoms with van der Waals surface area (Å²) < 4.78 is 42.6. The Labute approximate surface area is 220 Å². The van der Waals surface area contributed by atoms with Crippen LogP contribution in [0.2, 0.25) is 0 Å². The van der Waals surface area contributed by atoms with Crippen LogP contribution in [0.25, 0.3) is 10.9 Å². The highest BCUT2D eigenvalue weighted by molar-refractivity contribution is 5.96. The molecule has 1 aliphatic heterocycles. The summed E-state index contributed by atoms with van der Waals surface area (Å²) in [4.78, 5) is 21.5. The molecule has 1 saturated carbocycles. The van der Waals surface area contributed by atoms with Crippen LogP contribution in [0.4, 0.5) is 13.2 Å². The lowest BCUT2D eigenvalue weighted by atomic mass is 9.65. The Morgan fingerprint density at radius 1 is 0.868 bits per heavy atom. The van der Waals surface area contributed by atoms with Gasteiger partial charge in [0.1, 0.15) is 17.5 Å². The van der Waals surface area contributed by atoms with E-state index in [1.54, 1.807) is 12.1 Å². The van der Waals surface area contributed by atoms with Crippen molar-refractivity contribution in [2.75, 3.05) is 20.6 Å². The lowest BCUT2D eigenvalue weighted by molar-refractivity contribution is -0.0143. The quantitative estimate of drug-likeness (QED) is 0.337. The van der Waals surface area contributed by atoms with Crippen molar-refractivity contribution >= 4 is 16.8 Å². The lowest BCUT2D eigenvalue weighted by Crippen LogP contribution is -2.58. The monoisotopic (exact) mass is 517 g/mol. The number of aromatic nitrogens is 1. The van der Waals surface area contributed by atoms with Crippen LogP contribution < -0.4 is 0 Å². The SMILES string of the molecule is CN(C)C1(c2cccc(F)c2)CCC2(CC1)c1[nH]c3ccccc3c1CCN2C(=O)c1cc(F)cc(F)c1. The van der Waals surface area contributed by atoms with Crippen LogP contribution in [0.15, 0.2) is 66.7 Å². The molecule has 196 valence electrons. The second-order valence-electron chi connectivity index (χ2n) is 10.9. The Balaban J connectivity index is 1.47. The number of benzene rings is 3. The van der Waals surface area contributed by atoms with Gasteiger partial charge >= 0.3 is 0 Å². The Hall–Kier alpha value is -3.58. The van der Waals surface area contributed by atoms with Crippen molar-refractivity contribution in [1.29, 1.82) is 0 Å². The fourth-order valence-electron chi connectivity index (χ4n) is 6.93. The van der Waals surface area contributed by atoms with E-state index in [4.69, 9.17) is 0 Å². The number of carbonyl (C=O) groups is 1. The number of carbonyl (C=O) groups excluding carboxylic acids is 1. The first-order valence-corrected chi connectivity index (χ1v) is 13.1. The van der Waals surface area contributed by atoms with Gasteiger partial charge in [0.2, 0.25) is 0 Å². The van der Waals surface area contributed by atoms with E-state index in [-0.39, 0.29) is 17.3 Å². The number of para-hydroxylation sites is 1. The molecule has 0 radical (unpaired) electrons. The number of amides is 1. The van der Waals surface area contributed by atoms with Crippen molar-refractivity contribution in [3.8, 4) is 0 Å². The molecule has 1 fully saturated rings. The number of rotatable bonds is 3. The molecule has 1 aromatic heterocycles. The van der Waals surface area contributed by atoms with E-state index in [0.29, 0.717) is 38.6 Å². The summed E-state index contributed by atoms with van der Waals surface area (Å²) in [5, 5.41) is 1.14. The highest BCUT2D eigenvalue weighted by Crippen LogP contribution is 2.54. The van der Waals surface area contributed by atoms with Crippen molar-refractivity contribution < 1.29 is 18.0 Å². The van der Waals surface area contributed by atoms with E-state index in [9.17, 15) is 18.0 Å². The van der Waals surface area contributed by atoms with E-state index >= 15 is 0 Å². The molecular formula is C31H30F3N3O. The van der Waals surface area contributed by atoms with Gasteiger partial charge in [-0.25, -0.2) is 13.2 Å². The molecule has 6 rings (SSSR count).